The third-order valence-corrected chi connectivity index (χ3v) is 8.84. The van der Waals surface area contributed by atoms with E-state index >= 15 is 0 Å². The van der Waals surface area contributed by atoms with E-state index in [0.29, 0.717) is 6.61 Å². The maximum Gasteiger partial charge on any atom is 0.229 e. The van der Waals surface area contributed by atoms with E-state index in [1.54, 1.807) is 0 Å². The summed E-state index contributed by atoms with van der Waals surface area (Å²) in [5.74, 6) is 0.366. The van der Waals surface area contributed by atoms with Crippen molar-refractivity contribution in [1.29, 1.82) is 0 Å². The van der Waals surface area contributed by atoms with Crippen molar-refractivity contribution in [1.82, 2.24) is 0 Å². The molecular formula is C43H46O10. The van der Waals surface area contributed by atoms with Gasteiger partial charge in [0.1, 0.15) is 24.4 Å². The second-order valence-electron chi connectivity index (χ2n) is 12.4. The van der Waals surface area contributed by atoms with Crippen molar-refractivity contribution in [2.75, 3.05) is 27.9 Å². The number of ether oxygens (including phenoxy) is 9. The van der Waals surface area contributed by atoms with E-state index in [4.69, 9.17) is 42.6 Å². The molecule has 5 atom stereocenters. The average Bonchev–Trinajstić information content (AvgIpc) is 3.21. The summed E-state index contributed by atoms with van der Waals surface area (Å²) in [6.07, 6.45) is -4.11. The number of phenolic OH excluding ortho intramolecular Hbond substituents is 1. The minimum absolute atomic E-state index is 0.0159. The van der Waals surface area contributed by atoms with Crippen LogP contribution in [0.3, 0.4) is 0 Å². The predicted molar refractivity (Wildman–Crippen MR) is 198 cm³/mol. The molecule has 278 valence electrons. The number of aromatic hydroxyl groups is 1. The zero-order valence-corrected chi connectivity index (χ0v) is 30.2. The number of rotatable bonds is 18. The van der Waals surface area contributed by atoms with Crippen LogP contribution in [0.4, 0.5) is 0 Å². The highest BCUT2D eigenvalue weighted by atomic mass is 16.7. The zero-order chi connectivity index (χ0) is 36.8. The smallest absolute Gasteiger partial charge is 0.229 e. The van der Waals surface area contributed by atoms with Gasteiger partial charge in [-0.25, -0.2) is 0 Å². The van der Waals surface area contributed by atoms with Gasteiger partial charge in [0, 0.05) is 6.07 Å². The molecule has 0 spiro atoms. The molecule has 1 aliphatic rings. The lowest BCUT2D eigenvalue weighted by Gasteiger charge is -2.45. The lowest BCUT2D eigenvalue weighted by Crippen LogP contribution is -2.62. The Morgan fingerprint density at radius 1 is 0.509 bits per heavy atom. The highest BCUT2D eigenvalue weighted by molar-refractivity contribution is 5.65. The second kappa shape index (κ2) is 19.1. The van der Waals surface area contributed by atoms with Gasteiger partial charge in [0.25, 0.3) is 0 Å². The number of phenols is 1. The highest BCUT2D eigenvalue weighted by Crippen LogP contribution is 2.50. The summed E-state index contributed by atoms with van der Waals surface area (Å²) < 4.78 is 56.7. The van der Waals surface area contributed by atoms with Crippen LogP contribution < -0.4 is 18.9 Å². The Morgan fingerprint density at radius 3 is 1.43 bits per heavy atom. The molecule has 53 heavy (non-hydrogen) atoms. The molecule has 1 saturated heterocycles. The molecular weight excluding hydrogens is 676 g/mol. The van der Waals surface area contributed by atoms with E-state index < -0.39 is 30.7 Å². The SMILES string of the molecule is COc1cc(O)c(O[C@@H]2O[C@H](COCc3ccccc3)[C@@H](OCc3ccccc3)[C@H](OCc3ccccc3)[C@H]2OCc2ccccc2)c(OC)c1OC. The Morgan fingerprint density at radius 2 is 0.962 bits per heavy atom. The molecule has 0 unspecified atom stereocenters. The molecule has 1 N–H and O–H groups in total. The minimum Gasteiger partial charge on any atom is -0.504 e. The van der Waals surface area contributed by atoms with Crippen LogP contribution in [0.25, 0.3) is 0 Å². The molecule has 5 aromatic rings. The summed E-state index contributed by atoms with van der Waals surface area (Å²) in [7, 11) is 4.40. The quantitative estimate of drug-likeness (QED) is 0.0979. The molecule has 0 bridgehead atoms. The molecule has 1 aliphatic heterocycles. The van der Waals surface area contributed by atoms with Gasteiger partial charge in [0.05, 0.1) is 54.4 Å². The molecule has 0 aromatic heterocycles. The van der Waals surface area contributed by atoms with E-state index in [1.165, 1.54) is 27.4 Å². The molecule has 5 aromatic carbocycles. The first-order chi connectivity index (χ1) is 26.1. The zero-order valence-electron chi connectivity index (χ0n) is 30.2. The van der Waals surface area contributed by atoms with Crippen molar-refractivity contribution in [2.45, 2.75) is 57.1 Å². The largest absolute Gasteiger partial charge is 0.504 e. The molecule has 10 nitrogen and oxygen atoms in total. The van der Waals surface area contributed by atoms with Crippen LogP contribution in [0.15, 0.2) is 127 Å². The molecule has 0 radical (unpaired) electrons. The summed E-state index contributed by atoms with van der Waals surface area (Å²) in [5, 5.41) is 11.3. The topological polar surface area (TPSA) is 103 Å². The van der Waals surface area contributed by atoms with Crippen LogP contribution in [-0.2, 0) is 50.1 Å². The number of methoxy groups -OCH3 is 3. The summed E-state index contributed by atoms with van der Waals surface area (Å²) >= 11 is 0. The molecule has 0 amide bonds. The average molecular weight is 723 g/mol. The van der Waals surface area contributed by atoms with Gasteiger partial charge in [0.15, 0.2) is 11.5 Å². The van der Waals surface area contributed by atoms with Crippen LogP contribution >= 0.6 is 0 Å². The lowest BCUT2D eigenvalue weighted by atomic mass is 9.97. The molecule has 10 heteroatoms. The normalized spacial score (nSPS) is 19.7. The van der Waals surface area contributed by atoms with Gasteiger partial charge in [-0.2, -0.15) is 0 Å². The third-order valence-electron chi connectivity index (χ3n) is 8.84. The number of hydrogen-bond acceptors (Lipinski definition) is 10. The minimum atomic E-state index is -1.14. The maximum absolute atomic E-state index is 11.3. The Kier molecular flexibility index (Phi) is 13.6. The number of benzene rings is 5. The van der Waals surface area contributed by atoms with Gasteiger partial charge >= 0.3 is 0 Å². The fourth-order valence-electron chi connectivity index (χ4n) is 6.19. The first-order valence-corrected chi connectivity index (χ1v) is 17.5. The monoisotopic (exact) mass is 722 g/mol. The molecule has 1 heterocycles. The summed E-state index contributed by atoms with van der Waals surface area (Å²) in [5.41, 5.74) is 3.91. The second-order valence-corrected chi connectivity index (χ2v) is 12.4. The molecule has 1 fully saturated rings. The van der Waals surface area contributed by atoms with E-state index in [-0.39, 0.29) is 55.2 Å². The lowest BCUT2D eigenvalue weighted by molar-refractivity contribution is -0.310. The van der Waals surface area contributed by atoms with Crippen molar-refractivity contribution in [3.63, 3.8) is 0 Å². The molecule has 0 saturated carbocycles. The summed E-state index contributed by atoms with van der Waals surface area (Å²) in [4.78, 5) is 0. The van der Waals surface area contributed by atoms with Crippen molar-refractivity contribution in [2.24, 2.45) is 0 Å². The summed E-state index contributed by atoms with van der Waals surface area (Å²) in [6, 6.07) is 40.9. The Bertz CT molecular complexity index is 1810. The maximum atomic E-state index is 11.3. The van der Waals surface area contributed by atoms with E-state index in [2.05, 4.69) is 0 Å². The Labute approximate surface area is 310 Å². The van der Waals surface area contributed by atoms with Crippen LogP contribution in [0.2, 0.25) is 0 Å². The Hall–Kier alpha value is -5.10. The van der Waals surface area contributed by atoms with Crippen molar-refractivity contribution < 1.29 is 47.7 Å². The van der Waals surface area contributed by atoms with Crippen LogP contribution in [0.5, 0.6) is 28.7 Å². The summed E-state index contributed by atoms with van der Waals surface area (Å²) in [6.45, 7) is 1.26. The van der Waals surface area contributed by atoms with Gasteiger partial charge in [0.2, 0.25) is 23.5 Å². The van der Waals surface area contributed by atoms with Crippen LogP contribution in [-0.4, -0.2) is 63.7 Å². The predicted octanol–water partition coefficient (Wildman–Crippen LogP) is 7.49. The van der Waals surface area contributed by atoms with Crippen molar-refractivity contribution in [3.05, 3.63) is 150 Å². The van der Waals surface area contributed by atoms with Gasteiger partial charge in [-0.1, -0.05) is 121 Å². The highest BCUT2D eigenvalue weighted by Gasteiger charge is 2.50. The Balaban J connectivity index is 1.39. The van der Waals surface area contributed by atoms with E-state index in [9.17, 15) is 5.11 Å². The van der Waals surface area contributed by atoms with Gasteiger partial charge in [-0.3, -0.25) is 0 Å². The standard InChI is InChI=1S/C43H46O10/c1-45-35-24-34(44)37(40(47-3)38(35)46-2)53-43-42(51-28-33-22-14-7-15-23-33)41(50-27-32-20-12-6-13-21-32)39(49-26-31-18-10-5-11-19-31)36(52-43)29-48-25-30-16-8-4-9-17-30/h4-24,36,39,41-44H,25-29H2,1-3H3/t36-,39-,41+,42-,43+/m1/s1. The first-order valence-electron chi connectivity index (χ1n) is 17.5. The van der Waals surface area contributed by atoms with Crippen molar-refractivity contribution in [3.8, 4) is 28.7 Å². The molecule has 0 aliphatic carbocycles. The van der Waals surface area contributed by atoms with Crippen LogP contribution in [0.1, 0.15) is 22.3 Å². The van der Waals surface area contributed by atoms with Gasteiger partial charge < -0.3 is 47.7 Å². The van der Waals surface area contributed by atoms with E-state index in [1.807, 2.05) is 121 Å². The van der Waals surface area contributed by atoms with E-state index in [0.717, 1.165) is 22.3 Å². The van der Waals surface area contributed by atoms with Crippen molar-refractivity contribution >= 4 is 0 Å². The first kappa shape index (κ1) is 37.7. The fourth-order valence-corrected chi connectivity index (χ4v) is 6.19. The molecule has 6 rings (SSSR count). The third kappa shape index (κ3) is 9.87. The number of hydrogen-bond donors (Lipinski definition) is 1. The van der Waals surface area contributed by atoms with Gasteiger partial charge in [-0.05, 0) is 22.3 Å². The van der Waals surface area contributed by atoms with Gasteiger partial charge in [-0.15, -0.1) is 0 Å². The van der Waals surface area contributed by atoms with Crippen LogP contribution in [0, 0.1) is 0 Å². The fraction of sp³-hybridized carbons (Fsp3) is 0.302.